The zero-order valence-corrected chi connectivity index (χ0v) is 9.90. The van der Waals surface area contributed by atoms with Crippen LogP contribution in [0.15, 0.2) is 11.2 Å². The number of hydrogen-bond donors (Lipinski definition) is 0. The maximum atomic E-state index is 5.72. The summed E-state index contributed by atoms with van der Waals surface area (Å²) in [5, 5.41) is 0. The van der Waals surface area contributed by atoms with Gasteiger partial charge in [0.15, 0.2) is 4.47 Å². The van der Waals surface area contributed by atoms with Crippen LogP contribution in [0.4, 0.5) is 0 Å². The van der Waals surface area contributed by atoms with Crippen LogP contribution in [0.25, 0.3) is 0 Å². The first-order chi connectivity index (χ1) is 6.34. The molecule has 0 unspecified atom stereocenters. The van der Waals surface area contributed by atoms with Crippen molar-refractivity contribution in [2.45, 2.75) is 5.75 Å². The van der Waals surface area contributed by atoms with Crippen molar-refractivity contribution < 1.29 is 0 Å². The van der Waals surface area contributed by atoms with Gasteiger partial charge in [0.1, 0.15) is 4.38 Å². The van der Waals surface area contributed by atoms with Gasteiger partial charge in [-0.15, -0.1) is 11.3 Å². The third-order valence-corrected chi connectivity index (χ3v) is 5.02. The number of nitrogens with zero attached hydrogens (tertiary/aromatic N) is 2. The van der Waals surface area contributed by atoms with E-state index in [1.165, 1.54) is 9.25 Å². The molecule has 1 aromatic rings. The minimum atomic E-state index is 0.622. The highest BCUT2D eigenvalue weighted by Crippen LogP contribution is 2.28. The molecule has 0 N–H and O–H groups in total. The number of thioether (sulfide) groups is 2. The van der Waals surface area contributed by atoms with Crippen molar-refractivity contribution in [1.82, 2.24) is 4.98 Å². The van der Waals surface area contributed by atoms with E-state index in [0.29, 0.717) is 4.47 Å². The fraction of sp³-hybridized carbons (Fsp3) is 0.429. The van der Waals surface area contributed by atoms with Crippen LogP contribution in [-0.4, -0.2) is 21.7 Å². The molecule has 0 aromatic carbocycles. The zero-order valence-electron chi connectivity index (χ0n) is 6.70. The molecular formula is C7H7ClN2S3. The van der Waals surface area contributed by atoms with Crippen LogP contribution in [0.3, 0.4) is 0 Å². The summed E-state index contributed by atoms with van der Waals surface area (Å²) in [7, 11) is 0. The SMILES string of the molecule is Clc1ncc(CSC2=NCCS2)s1. The Balaban J connectivity index is 1.85. The van der Waals surface area contributed by atoms with E-state index in [0.717, 1.165) is 18.1 Å². The Bertz CT molecular complexity index is 323. The predicted molar refractivity (Wildman–Crippen MR) is 63.2 cm³/mol. The Morgan fingerprint density at radius 3 is 3.15 bits per heavy atom. The highest BCUT2D eigenvalue weighted by molar-refractivity contribution is 8.38. The van der Waals surface area contributed by atoms with Gasteiger partial charge in [0.2, 0.25) is 0 Å². The van der Waals surface area contributed by atoms with E-state index >= 15 is 0 Å². The summed E-state index contributed by atoms with van der Waals surface area (Å²) >= 11 is 10.9. The standard InChI is InChI=1S/C7H7ClN2S3/c8-6-10-3-5(13-6)4-12-7-9-1-2-11-7/h3H,1-2,4H2. The van der Waals surface area contributed by atoms with Crippen LogP contribution in [0.1, 0.15) is 4.88 Å². The molecule has 2 nitrogen and oxygen atoms in total. The van der Waals surface area contributed by atoms with E-state index in [2.05, 4.69) is 9.98 Å². The number of aromatic nitrogens is 1. The molecule has 0 bridgehead atoms. The molecule has 2 heterocycles. The molecule has 1 aromatic heterocycles. The van der Waals surface area contributed by atoms with Gasteiger partial charge < -0.3 is 0 Å². The molecule has 6 heteroatoms. The zero-order chi connectivity index (χ0) is 9.10. The number of thiazole rings is 1. The van der Waals surface area contributed by atoms with Crippen molar-refractivity contribution in [3.63, 3.8) is 0 Å². The minimum absolute atomic E-state index is 0.622. The monoisotopic (exact) mass is 250 g/mol. The lowest BCUT2D eigenvalue weighted by molar-refractivity contribution is 1.18. The molecule has 2 rings (SSSR count). The Hall–Kier alpha value is 0.290. The second kappa shape index (κ2) is 4.68. The summed E-state index contributed by atoms with van der Waals surface area (Å²) in [6.45, 7) is 0.969. The van der Waals surface area contributed by atoms with Gasteiger partial charge in [-0.3, -0.25) is 4.99 Å². The lowest BCUT2D eigenvalue weighted by atomic mass is 10.6. The van der Waals surface area contributed by atoms with Crippen LogP contribution < -0.4 is 0 Å². The first-order valence-corrected chi connectivity index (χ1v) is 6.91. The maximum absolute atomic E-state index is 5.72. The van der Waals surface area contributed by atoms with Gasteiger partial charge in [-0.2, -0.15) is 0 Å². The van der Waals surface area contributed by atoms with E-state index in [-0.39, 0.29) is 0 Å². The van der Waals surface area contributed by atoms with Crippen LogP contribution in [0.2, 0.25) is 4.47 Å². The average molecular weight is 251 g/mol. The summed E-state index contributed by atoms with van der Waals surface area (Å²) in [5.41, 5.74) is 0. The second-order valence-corrected chi connectivity index (χ2v) is 6.37. The molecule has 0 fully saturated rings. The van der Waals surface area contributed by atoms with Crippen molar-refractivity contribution >= 4 is 50.8 Å². The Morgan fingerprint density at radius 1 is 1.62 bits per heavy atom. The Labute approximate surface area is 94.2 Å². The average Bonchev–Trinajstić information content (AvgIpc) is 2.71. The highest BCUT2D eigenvalue weighted by Gasteiger charge is 2.08. The summed E-state index contributed by atoms with van der Waals surface area (Å²) in [4.78, 5) is 9.55. The van der Waals surface area contributed by atoms with Gasteiger partial charge in [-0.25, -0.2) is 4.98 Å². The van der Waals surface area contributed by atoms with Gasteiger partial charge in [-0.05, 0) is 0 Å². The first kappa shape index (κ1) is 9.83. The Kier molecular flexibility index (Phi) is 3.54. The predicted octanol–water partition coefficient (Wildman–Crippen LogP) is 3.13. The topological polar surface area (TPSA) is 25.2 Å². The number of halogens is 1. The summed E-state index contributed by atoms with van der Waals surface area (Å²) in [6, 6.07) is 0. The molecule has 13 heavy (non-hydrogen) atoms. The van der Waals surface area contributed by atoms with Crippen molar-refractivity contribution in [3.8, 4) is 0 Å². The number of rotatable bonds is 2. The highest BCUT2D eigenvalue weighted by atomic mass is 35.5. The molecule has 1 aliphatic heterocycles. The van der Waals surface area contributed by atoms with E-state index < -0.39 is 0 Å². The van der Waals surface area contributed by atoms with Gasteiger partial charge in [0.05, 0.1) is 6.54 Å². The van der Waals surface area contributed by atoms with Crippen molar-refractivity contribution in [1.29, 1.82) is 0 Å². The minimum Gasteiger partial charge on any atom is -0.271 e. The van der Waals surface area contributed by atoms with Crippen molar-refractivity contribution in [2.24, 2.45) is 4.99 Å². The number of aliphatic imine (C=N–C) groups is 1. The fourth-order valence-corrected chi connectivity index (χ4v) is 3.89. The molecule has 70 valence electrons. The van der Waals surface area contributed by atoms with E-state index in [1.54, 1.807) is 23.1 Å². The van der Waals surface area contributed by atoms with E-state index in [1.807, 2.05) is 18.0 Å². The Morgan fingerprint density at radius 2 is 2.54 bits per heavy atom. The van der Waals surface area contributed by atoms with Gasteiger partial charge in [-0.1, -0.05) is 35.1 Å². The quantitative estimate of drug-likeness (QED) is 0.807. The van der Waals surface area contributed by atoms with Gasteiger partial charge >= 0.3 is 0 Å². The fourth-order valence-electron chi connectivity index (χ4n) is 0.886. The first-order valence-electron chi connectivity index (χ1n) is 3.75. The van der Waals surface area contributed by atoms with Crippen LogP contribution in [0, 0.1) is 0 Å². The molecule has 0 aliphatic carbocycles. The lowest BCUT2D eigenvalue weighted by Gasteiger charge is -1.95. The maximum Gasteiger partial charge on any atom is 0.183 e. The van der Waals surface area contributed by atoms with Crippen LogP contribution in [-0.2, 0) is 5.75 Å². The smallest absolute Gasteiger partial charge is 0.183 e. The third-order valence-electron chi connectivity index (χ3n) is 1.42. The second-order valence-electron chi connectivity index (χ2n) is 2.36. The molecule has 0 saturated heterocycles. The van der Waals surface area contributed by atoms with Gasteiger partial charge in [0.25, 0.3) is 0 Å². The summed E-state index contributed by atoms with van der Waals surface area (Å²) in [6.07, 6.45) is 1.83. The largest absolute Gasteiger partial charge is 0.271 e. The summed E-state index contributed by atoms with van der Waals surface area (Å²) in [5.74, 6) is 2.07. The molecule has 0 saturated carbocycles. The lowest BCUT2D eigenvalue weighted by Crippen LogP contribution is -1.80. The molecule has 0 atom stereocenters. The third kappa shape index (κ3) is 2.87. The van der Waals surface area contributed by atoms with Crippen molar-refractivity contribution in [3.05, 3.63) is 15.5 Å². The molecule has 0 amide bonds. The molecule has 0 radical (unpaired) electrons. The van der Waals surface area contributed by atoms with Crippen LogP contribution >= 0.6 is 46.5 Å². The van der Waals surface area contributed by atoms with Crippen LogP contribution in [0.5, 0.6) is 0 Å². The van der Waals surface area contributed by atoms with E-state index in [4.69, 9.17) is 11.6 Å². The molecular weight excluding hydrogens is 244 g/mol. The molecule has 1 aliphatic rings. The van der Waals surface area contributed by atoms with Gasteiger partial charge in [0, 0.05) is 22.6 Å². The van der Waals surface area contributed by atoms with Crippen molar-refractivity contribution in [2.75, 3.05) is 12.3 Å². The normalized spacial score (nSPS) is 16.2. The number of hydrogen-bond acceptors (Lipinski definition) is 5. The molecule has 0 spiro atoms. The van der Waals surface area contributed by atoms with E-state index in [9.17, 15) is 0 Å². The summed E-state index contributed by atoms with van der Waals surface area (Å²) < 4.78 is 1.82.